The number of halogens is 1. The van der Waals surface area contributed by atoms with E-state index in [-0.39, 0.29) is 11.4 Å². The molecule has 1 N–H and O–H groups in total. The monoisotopic (exact) mass is 532 g/mol. The topological polar surface area (TPSA) is 84.9 Å². The highest BCUT2D eigenvalue weighted by atomic mass is 79.9. The van der Waals surface area contributed by atoms with E-state index in [2.05, 4.69) is 21.2 Å². The summed E-state index contributed by atoms with van der Waals surface area (Å²) in [6.07, 6.45) is 1.61. The van der Waals surface area contributed by atoms with Gasteiger partial charge in [0.2, 0.25) is 5.91 Å². The SMILES string of the molecule is CCOc1cc(/C=C2/SC(=O)N(CC(=O)Nc3cccc(C)c3C)C2=O)cc(Br)c1OCC. The second-order valence-corrected chi connectivity index (χ2v) is 9.11. The van der Waals surface area contributed by atoms with Gasteiger partial charge in [-0.05, 0) is 96.4 Å². The number of imide groups is 1. The Bertz CT molecular complexity index is 1130. The molecule has 3 rings (SSSR count). The minimum absolute atomic E-state index is 0.234. The number of amides is 3. The molecule has 3 amide bonds. The van der Waals surface area contributed by atoms with E-state index in [1.807, 2.05) is 39.8 Å². The number of benzene rings is 2. The third-order valence-corrected chi connectivity index (χ3v) is 6.47. The fourth-order valence-corrected chi connectivity index (χ4v) is 4.64. The Morgan fingerprint density at radius 2 is 1.88 bits per heavy atom. The Morgan fingerprint density at radius 1 is 1.15 bits per heavy atom. The number of carbonyl (C=O) groups is 3. The van der Waals surface area contributed by atoms with E-state index in [0.717, 1.165) is 27.8 Å². The van der Waals surface area contributed by atoms with Gasteiger partial charge in [-0.3, -0.25) is 19.3 Å². The highest BCUT2D eigenvalue weighted by Gasteiger charge is 2.36. The van der Waals surface area contributed by atoms with Crippen LogP contribution in [0.2, 0.25) is 0 Å². The highest BCUT2D eigenvalue weighted by molar-refractivity contribution is 9.10. The Balaban J connectivity index is 1.78. The average molecular weight is 533 g/mol. The van der Waals surface area contributed by atoms with E-state index < -0.39 is 17.1 Å². The smallest absolute Gasteiger partial charge is 0.294 e. The van der Waals surface area contributed by atoms with Crippen LogP contribution in [0.5, 0.6) is 11.5 Å². The quantitative estimate of drug-likeness (QED) is 0.449. The predicted octanol–water partition coefficient (Wildman–Crippen LogP) is 5.54. The average Bonchev–Trinajstić information content (AvgIpc) is 3.01. The van der Waals surface area contributed by atoms with Gasteiger partial charge in [0.15, 0.2) is 11.5 Å². The van der Waals surface area contributed by atoms with Gasteiger partial charge < -0.3 is 14.8 Å². The molecule has 0 aromatic heterocycles. The molecule has 0 saturated carbocycles. The second-order valence-electron chi connectivity index (χ2n) is 7.26. The molecule has 33 heavy (non-hydrogen) atoms. The van der Waals surface area contributed by atoms with Crippen molar-refractivity contribution in [3.63, 3.8) is 0 Å². The van der Waals surface area contributed by atoms with Crippen LogP contribution in [0.15, 0.2) is 39.7 Å². The van der Waals surface area contributed by atoms with E-state index in [0.29, 0.717) is 40.4 Å². The number of nitrogens with one attached hydrogen (secondary N) is 1. The molecule has 1 fully saturated rings. The molecule has 0 atom stereocenters. The number of hydrogen-bond donors (Lipinski definition) is 1. The fourth-order valence-electron chi connectivity index (χ4n) is 3.23. The van der Waals surface area contributed by atoms with E-state index in [1.54, 1.807) is 24.3 Å². The zero-order valence-corrected chi connectivity index (χ0v) is 21.3. The third kappa shape index (κ3) is 5.78. The van der Waals surface area contributed by atoms with Crippen LogP contribution < -0.4 is 14.8 Å². The molecule has 0 aliphatic carbocycles. The lowest BCUT2D eigenvalue weighted by molar-refractivity contribution is -0.127. The number of hydrogen-bond acceptors (Lipinski definition) is 6. The molecule has 1 aliphatic rings. The van der Waals surface area contributed by atoms with Crippen molar-refractivity contribution in [2.75, 3.05) is 25.1 Å². The summed E-state index contributed by atoms with van der Waals surface area (Å²) in [7, 11) is 0. The highest BCUT2D eigenvalue weighted by Crippen LogP contribution is 2.39. The van der Waals surface area contributed by atoms with Crippen LogP contribution in [-0.2, 0) is 9.59 Å². The Labute approximate surface area is 205 Å². The number of carbonyl (C=O) groups excluding carboxylic acids is 3. The van der Waals surface area contributed by atoms with E-state index in [4.69, 9.17) is 9.47 Å². The molecule has 0 radical (unpaired) electrons. The number of thioether (sulfide) groups is 1. The molecule has 1 saturated heterocycles. The van der Waals surface area contributed by atoms with Crippen molar-refractivity contribution in [1.82, 2.24) is 4.90 Å². The van der Waals surface area contributed by atoms with Crippen molar-refractivity contribution < 1.29 is 23.9 Å². The minimum atomic E-state index is -0.510. The zero-order chi connectivity index (χ0) is 24.1. The van der Waals surface area contributed by atoms with Crippen molar-refractivity contribution in [2.24, 2.45) is 0 Å². The van der Waals surface area contributed by atoms with Gasteiger partial charge >= 0.3 is 0 Å². The second kappa shape index (κ2) is 10.9. The summed E-state index contributed by atoms with van der Waals surface area (Å²) in [6.45, 7) is 8.16. The van der Waals surface area contributed by atoms with Gasteiger partial charge in [-0.15, -0.1) is 0 Å². The Morgan fingerprint density at radius 3 is 2.58 bits per heavy atom. The number of ether oxygens (including phenoxy) is 2. The van der Waals surface area contributed by atoms with E-state index in [1.165, 1.54) is 0 Å². The minimum Gasteiger partial charge on any atom is -0.490 e. The molecular weight excluding hydrogens is 508 g/mol. The lowest BCUT2D eigenvalue weighted by atomic mass is 10.1. The molecular formula is C24H25BrN2O5S. The van der Waals surface area contributed by atoms with Gasteiger partial charge in [0.25, 0.3) is 11.1 Å². The van der Waals surface area contributed by atoms with Crippen LogP contribution in [0, 0.1) is 13.8 Å². The zero-order valence-electron chi connectivity index (χ0n) is 18.9. The van der Waals surface area contributed by atoms with Crippen LogP contribution in [0.4, 0.5) is 10.5 Å². The summed E-state index contributed by atoms with van der Waals surface area (Å²) in [5.74, 6) is 0.165. The van der Waals surface area contributed by atoms with Crippen LogP contribution in [-0.4, -0.2) is 41.7 Å². The molecule has 2 aromatic carbocycles. The largest absolute Gasteiger partial charge is 0.490 e. The molecule has 0 unspecified atom stereocenters. The summed E-state index contributed by atoms with van der Waals surface area (Å²) < 4.78 is 12.0. The van der Waals surface area contributed by atoms with Crippen LogP contribution >= 0.6 is 27.7 Å². The van der Waals surface area contributed by atoms with Gasteiger partial charge in [0, 0.05) is 5.69 Å². The summed E-state index contributed by atoms with van der Waals surface area (Å²) in [6, 6.07) is 9.11. The maximum absolute atomic E-state index is 12.9. The number of aryl methyl sites for hydroxylation is 1. The molecule has 174 valence electrons. The number of rotatable bonds is 8. The van der Waals surface area contributed by atoms with Gasteiger partial charge in [-0.2, -0.15) is 0 Å². The fraction of sp³-hybridized carbons (Fsp3) is 0.292. The van der Waals surface area contributed by atoms with Gasteiger partial charge in [0.1, 0.15) is 6.54 Å². The third-order valence-electron chi connectivity index (χ3n) is 4.97. The lowest BCUT2D eigenvalue weighted by Gasteiger charge is -2.14. The van der Waals surface area contributed by atoms with E-state index >= 15 is 0 Å². The first kappa shape index (κ1) is 24.9. The first-order chi connectivity index (χ1) is 15.7. The molecule has 0 bridgehead atoms. The molecule has 2 aromatic rings. The van der Waals surface area contributed by atoms with Gasteiger partial charge in [-0.25, -0.2) is 0 Å². The van der Waals surface area contributed by atoms with Crippen LogP contribution in [0.1, 0.15) is 30.5 Å². The summed E-state index contributed by atoms with van der Waals surface area (Å²) in [5, 5.41) is 2.29. The van der Waals surface area contributed by atoms with Crippen LogP contribution in [0.25, 0.3) is 6.08 Å². The van der Waals surface area contributed by atoms with E-state index in [9.17, 15) is 14.4 Å². The molecule has 9 heteroatoms. The van der Waals surface area contributed by atoms with Gasteiger partial charge in [-0.1, -0.05) is 12.1 Å². The standard InChI is InChI=1S/C24H25BrN2O5S/c1-5-31-19-11-16(10-17(25)22(19)32-6-2)12-20-23(29)27(24(30)33-20)13-21(28)26-18-9-7-8-14(3)15(18)4/h7-12H,5-6,13H2,1-4H3,(H,26,28)/b20-12+. The normalized spacial score (nSPS) is 14.7. The summed E-state index contributed by atoms with van der Waals surface area (Å²) in [5.41, 5.74) is 3.30. The number of anilines is 1. The number of nitrogens with zero attached hydrogens (tertiary/aromatic N) is 1. The molecule has 7 nitrogen and oxygen atoms in total. The van der Waals surface area contributed by atoms with Crippen molar-refractivity contribution in [3.05, 3.63) is 56.4 Å². The van der Waals surface area contributed by atoms with Crippen molar-refractivity contribution in [2.45, 2.75) is 27.7 Å². The molecule has 1 heterocycles. The van der Waals surface area contributed by atoms with Crippen LogP contribution in [0.3, 0.4) is 0 Å². The maximum Gasteiger partial charge on any atom is 0.294 e. The summed E-state index contributed by atoms with van der Waals surface area (Å²) in [4.78, 5) is 39.0. The Hall–Kier alpha value is -2.78. The van der Waals surface area contributed by atoms with Crippen molar-refractivity contribution in [3.8, 4) is 11.5 Å². The maximum atomic E-state index is 12.9. The lowest BCUT2D eigenvalue weighted by Crippen LogP contribution is -2.36. The molecule has 0 spiro atoms. The first-order valence-corrected chi connectivity index (χ1v) is 12.1. The predicted molar refractivity (Wildman–Crippen MR) is 134 cm³/mol. The van der Waals surface area contributed by atoms with Gasteiger partial charge in [0.05, 0.1) is 22.6 Å². The first-order valence-electron chi connectivity index (χ1n) is 10.5. The Kier molecular flexibility index (Phi) is 8.20. The molecule has 1 aliphatic heterocycles. The van der Waals surface area contributed by atoms with Crippen molar-refractivity contribution in [1.29, 1.82) is 0 Å². The summed E-state index contributed by atoms with van der Waals surface area (Å²) >= 11 is 4.28. The van der Waals surface area contributed by atoms with Crippen molar-refractivity contribution >= 4 is 56.5 Å².